The van der Waals surface area contributed by atoms with Crippen LogP contribution in [0, 0.1) is 6.92 Å². The minimum Gasteiger partial charge on any atom is -0.308 e. The number of aromatic nitrogens is 1. The maximum absolute atomic E-state index is 12.4. The van der Waals surface area contributed by atoms with Gasteiger partial charge in [0, 0.05) is 34.6 Å². The third kappa shape index (κ3) is 4.88. The van der Waals surface area contributed by atoms with Crippen LogP contribution in [0.25, 0.3) is 16.7 Å². The van der Waals surface area contributed by atoms with Crippen LogP contribution in [0.5, 0.6) is 0 Å². The Labute approximate surface area is 181 Å². The van der Waals surface area contributed by atoms with Gasteiger partial charge < -0.3 is 10.6 Å². The van der Waals surface area contributed by atoms with E-state index in [2.05, 4.69) is 27.8 Å². The van der Waals surface area contributed by atoms with Crippen LogP contribution < -0.4 is 10.6 Å². The number of benzene rings is 2. The first-order valence-corrected chi connectivity index (χ1v) is 10.1. The third-order valence-electron chi connectivity index (χ3n) is 4.76. The lowest BCUT2D eigenvalue weighted by molar-refractivity contribution is 0.262. The predicted octanol–water partition coefficient (Wildman–Crippen LogP) is 6.41. The molecule has 148 valence electrons. The number of anilines is 2. The number of nitrogens with zero attached hydrogens (tertiary/aromatic N) is 1. The van der Waals surface area contributed by atoms with Crippen molar-refractivity contribution in [1.29, 1.82) is 0 Å². The lowest BCUT2D eigenvalue weighted by atomic mass is 9.99. The van der Waals surface area contributed by atoms with E-state index in [1.807, 2.05) is 73.7 Å². The Hall–Kier alpha value is -3.57. The molecule has 5 heteroatoms. The minimum absolute atomic E-state index is 0.289. The molecule has 0 saturated heterocycles. The van der Waals surface area contributed by atoms with E-state index in [4.69, 9.17) is 12.2 Å². The summed E-state index contributed by atoms with van der Waals surface area (Å²) in [5.74, 6) is 0. The summed E-state index contributed by atoms with van der Waals surface area (Å²) in [7, 11) is 0. The number of amides is 2. The molecule has 4 rings (SSSR count). The largest absolute Gasteiger partial charge is 0.323 e. The van der Waals surface area contributed by atoms with Crippen molar-refractivity contribution in [3.63, 3.8) is 0 Å². The van der Waals surface area contributed by atoms with Crippen molar-refractivity contribution in [2.24, 2.45) is 0 Å². The van der Waals surface area contributed by atoms with Crippen LogP contribution in [0.3, 0.4) is 0 Å². The summed E-state index contributed by atoms with van der Waals surface area (Å²) in [4.78, 5) is 17.6. The first kappa shape index (κ1) is 19.7. The van der Waals surface area contributed by atoms with E-state index in [1.165, 1.54) is 0 Å². The second kappa shape index (κ2) is 8.84. The van der Waals surface area contributed by atoms with Gasteiger partial charge in [-0.05, 0) is 71.7 Å². The number of thiocarbonyl (C=S) groups is 1. The van der Waals surface area contributed by atoms with Crippen LogP contribution in [0.4, 0.5) is 16.2 Å². The fourth-order valence-corrected chi connectivity index (χ4v) is 3.53. The van der Waals surface area contributed by atoms with Gasteiger partial charge in [0.15, 0.2) is 0 Å². The molecule has 1 aliphatic carbocycles. The standard InChI is InChI=1S/C25H21N3OS/c1-17-14-21(12-13-26-17)18-8-10-22(11-9-18)27-25(29)28-23-6-2-4-19(15-23)20-5-3-7-24(30)16-20/h2-6,8-16H,7H2,1H3,(H2,27,28,29). The quantitative estimate of drug-likeness (QED) is 0.488. The zero-order valence-electron chi connectivity index (χ0n) is 16.6. The van der Waals surface area contributed by atoms with Crippen LogP contribution in [0.1, 0.15) is 17.7 Å². The molecule has 0 unspecified atom stereocenters. The highest BCUT2D eigenvalue weighted by atomic mass is 32.1. The summed E-state index contributed by atoms with van der Waals surface area (Å²) in [6.07, 6.45) is 8.71. The number of carbonyl (C=O) groups excluding carboxylic acids is 1. The van der Waals surface area contributed by atoms with Gasteiger partial charge in [0.1, 0.15) is 0 Å². The van der Waals surface area contributed by atoms with Crippen molar-refractivity contribution < 1.29 is 4.79 Å². The van der Waals surface area contributed by atoms with Crippen molar-refractivity contribution in [2.45, 2.75) is 13.3 Å². The fraction of sp³-hybridized carbons (Fsp3) is 0.0800. The molecule has 0 bridgehead atoms. The molecule has 0 aliphatic heterocycles. The summed E-state index contributed by atoms with van der Waals surface area (Å²) in [6, 6.07) is 19.2. The van der Waals surface area contributed by atoms with Crippen LogP contribution in [0.2, 0.25) is 0 Å². The van der Waals surface area contributed by atoms with Gasteiger partial charge in [-0.25, -0.2) is 4.79 Å². The van der Waals surface area contributed by atoms with Crippen molar-refractivity contribution in [2.75, 3.05) is 10.6 Å². The molecule has 1 aliphatic rings. The molecule has 1 heterocycles. The molecular weight excluding hydrogens is 390 g/mol. The Kier molecular flexibility index (Phi) is 5.82. The van der Waals surface area contributed by atoms with Gasteiger partial charge in [-0.2, -0.15) is 0 Å². The van der Waals surface area contributed by atoms with E-state index in [0.717, 1.165) is 50.6 Å². The summed E-state index contributed by atoms with van der Waals surface area (Å²) >= 11 is 5.29. The summed E-state index contributed by atoms with van der Waals surface area (Å²) < 4.78 is 0. The average molecular weight is 412 g/mol. The van der Waals surface area contributed by atoms with Crippen LogP contribution >= 0.6 is 12.2 Å². The maximum Gasteiger partial charge on any atom is 0.323 e. The van der Waals surface area contributed by atoms with E-state index < -0.39 is 0 Å². The first-order valence-electron chi connectivity index (χ1n) is 9.69. The molecule has 2 N–H and O–H groups in total. The molecule has 0 saturated carbocycles. The molecule has 0 spiro atoms. The van der Waals surface area contributed by atoms with E-state index in [-0.39, 0.29) is 6.03 Å². The fourth-order valence-electron chi connectivity index (χ4n) is 3.30. The molecule has 0 radical (unpaired) electrons. The molecule has 30 heavy (non-hydrogen) atoms. The topological polar surface area (TPSA) is 54.0 Å². The van der Waals surface area contributed by atoms with Gasteiger partial charge in [-0.1, -0.05) is 48.6 Å². The number of aryl methyl sites for hydroxylation is 1. The van der Waals surface area contributed by atoms with E-state index >= 15 is 0 Å². The molecule has 0 atom stereocenters. The Morgan fingerprint density at radius 3 is 2.50 bits per heavy atom. The van der Waals surface area contributed by atoms with E-state index in [1.54, 1.807) is 6.20 Å². The van der Waals surface area contributed by atoms with Gasteiger partial charge in [0.05, 0.1) is 0 Å². The minimum atomic E-state index is -0.289. The molecular formula is C25H21N3OS. The smallest absolute Gasteiger partial charge is 0.308 e. The van der Waals surface area contributed by atoms with Crippen LogP contribution in [0.15, 0.2) is 85.1 Å². The number of pyridine rings is 1. The van der Waals surface area contributed by atoms with E-state index in [0.29, 0.717) is 0 Å². The molecule has 2 amide bonds. The number of hydrogen-bond donors (Lipinski definition) is 2. The molecule has 0 fully saturated rings. The summed E-state index contributed by atoms with van der Waals surface area (Å²) in [5.41, 5.74) is 6.66. The third-order valence-corrected chi connectivity index (χ3v) is 5.04. The predicted molar refractivity (Wildman–Crippen MR) is 128 cm³/mol. The highest BCUT2D eigenvalue weighted by molar-refractivity contribution is 7.80. The summed E-state index contributed by atoms with van der Waals surface area (Å²) in [5, 5.41) is 5.77. The Balaban J connectivity index is 1.42. The van der Waals surface area contributed by atoms with Crippen LogP contribution in [-0.4, -0.2) is 15.9 Å². The average Bonchev–Trinajstić information content (AvgIpc) is 2.74. The number of rotatable bonds is 4. The van der Waals surface area contributed by atoms with Gasteiger partial charge >= 0.3 is 6.03 Å². The van der Waals surface area contributed by atoms with Gasteiger partial charge in [0.2, 0.25) is 0 Å². The normalized spacial score (nSPS) is 13.0. The Morgan fingerprint density at radius 2 is 1.73 bits per heavy atom. The SMILES string of the molecule is Cc1cc(-c2ccc(NC(=O)Nc3cccc(C4=CC(=S)CC=C4)c3)cc2)ccn1. The van der Waals surface area contributed by atoms with Gasteiger partial charge in [-0.15, -0.1) is 0 Å². The van der Waals surface area contributed by atoms with E-state index in [9.17, 15) is 4.79 Å². The second-order valence-electron chi connectivity index (χ2n) is 7.10. The van der Waals surface area contributed by atoms with Crippen LogP contribution in [-0.2, 0) is 0 Å². The number of nitrogens with one attached hydrogen (secondary N) is 2. The van der Waals surface area contributed by atoms with Gasteiger partial charge in [-0.3, -0.25) is 4.98 Å². The van der Waals surface area contributed by atoms with Crippen molar-refractivity contribution >= 4 is 40.1 Å². The highest BCUT2D eigenvalue weighted by Crippen LogP contribution is 2.24. The highest BCUT2D eigenvalue weighted by Gasteiger charge is 2.08. The Bertz CT molecular complexity index is 1160. The van der Waals surface area contributed by atoms with Crippen molar-refractivity contribution in [3.05, 3.63) is 96.3 Å². The molecule has 3 aromatic rings. The molecule has 4 nitrogen and oxygen atoms in total. The number of hydrogen-bond acceptors (Lipinski definition) is 3. The lowest BCUT2D eigenvalue weighted by Crippen LogP contribution is -2.19. The number of urea groups is 1. The van der Waals surface area contributed by atoms with Crippen molar-refractivity contribution in [3.8, 4) is 11.1 Å². The monoisotopic (exact) mass is 411 g/mol. The lowest BCUT2D eigenvalue weighted by Gasteiger charge is -2.12. The second-order valence-corrected chi connectivity index (χ2v) is 7.62. The summed E-state index contributed by atoms with van der Waals surface area (Å²) in [6.45, 7) is 1.97. The molecule has 1 aromatic heterocycles. The molecule has 2 aromatic carbocycles. The zero-order chi connectivity index (χ0) is 20.9. The maximum atomic E-state index is 12.4. The van der Waals surface area contributed by atoms with Crippen molar-refractivity contribution in [1.82, 2.24) is 4.98 Å². The van der Waals surface area contributed by atoms with Gasteiger partial charge in [0.25, 0.3) is 0 Å². The Morgan fingerprint density at radius 1 is 0.933 bits per heavy atom. The zero-order valence-corrected chi connectivity index (χ0v) is 17.4. The number of carbonyl (C=O) groups is 1. The first-order chi connectivity index (χ1) is 14.6. The number of allylic oxidation sites excluding steroid dienone is 4.